The number of carbonyl (C=O) groups excluding carboxylic acids is 1. The van der Waals surface area contributed by atoms with E-state index in [0.29, 0.717) is 17.4 Å². The zero-order valence-electron chi connectivity index (χ0n) is 14.1. The highest BCUT2D eigenvalue weighted by molar-refractivity contribution is 5.67. The van der Waals surface area contributed by atoms with Crippen molar-refractivity contribution in [2.24, 2.45) is 0 Å². The molecule has 25 heavy (non-hydrogen) atoms. The number of hydrogen-bond donors (Lipinski definition) is 0. The fourth-order valence-electron chi connectivity index (χ4n) is 2.65. The lowest BCUT2D eigenvalue weighted by Crippen LogP contribution is -2.13. The van der Waals surface area contributed by atoms with Gasteiger partial charge in [-0.1, -0.05) is 67.6 Å². The van der Waals surface area contributed by atoms with Crippen LogP contribution in [0.3, 0.4) is 0 Å². The highest BCUT2D eigenvalue weighted by atomic mass is 16.7. The number of carbonyl (C=O) groups is 1. The summed E-state index contributed by atoms with van der Waals surface area (Å²) in [5.74, 6) is 1.31. The largest absolute Gasteiger partial charge is 0.519 e. The molecule has 0 radical (unpaired) electrons. The minimum atomic E-state index is -0.740. The fraction of sp³-hybridized carbons (Fsp3) is 0.136. The second-order valence-electron chi connectivity index (χ2n) is 5.93. The minimum Gasteiger partial charge on any atom is -0.395 e. The van der Waals surface area contributed by atoms with Crippen LogP contribution in [0, 0.1) is 0 Å². The maximum Gasteiger partial charge on any atom is 0.519 e. The second-order valence-corrected chi connectivity index (χ2v) is 5.93. The molecule has 126 valence electrons. The molecule has 3 heteroatoms. The summed E-state index contributed by atoms with van der Waals surface area (Å²) in [6.45, 7) is 2.19. The monoisotopic (exact) mass is 332 g/mol. The molecule has 3 nitrogen and oxygen atoms in total. The van der Waals surface area contributed by atoms with Crippen molar-refractivity contribution in [1.29, 1.82) is 0 Å². The second kappa shape index (κ2) is 8.15. The SMILES string of the molecule is CC(Cc1ccccc1)c1ccc(OC(=O)Oc2ccccc2)cc1. The zero-order valence-corrected chi connectivity index (χ0v) is 14.1. The van der Waals surface area contributed by atoms with Crippen molar-refractivity contribution in [2.75, 3.05) is 0 Å². The molecule has 0 N–H and O–H groups in total. The van der Waals surface area contributed by atoms with Gasteiger partial charge >= 0.3 is 6.16 Å². The van der Waals surface area contributed by atoms with Crippen molar-refractivity contribution in [2.45, 2.75) is 19.3 Å². The van der Waals surface area contributed by atoms with E-state index in [9.17, 15) is 4.79 Å². The van der Waals surface area contributed by atoms with Gasteiger partial charge in [-0.05, 0) is 47.7 Å². The standard InChI is InChI=1S/C22H20O3/c1-17(16-18-8-4-2-5-9-18)19-12-14-21(15-13-19)25-22(23)24-20-10-6-3-7-11-20/h2-15,17H,16H2,1H3. The first-order valence-electron chi connectivity index (χ1n) is 8.29. The maximum absolute atomic E-state index is 11.8. The van der Waals surface area contributed by atoms with Crippen LogP contribution in [0.25, 0.3) is 0 Å². The van der Waals surface area contributed by atoms with Crippen LogP contribution in [0.15, 0.2) is 84.9 Å². The Balaban J connectivity index is 1.57. The Bertz CT molecular complexity index is 796. The molecule has 0 aliphatic carbocycles. The van der Waals surface area contributed by atoms with E-state index in [1.165, 1.54) is 11.1 Å². The van der Waals surface area contributed by atoms with E-state index in [1.807, 2.05) is 24.3 Å². The summed E-state index contributed by atoms with van der Waals surface area (Å²) >= 11 is 0. The summed E-state index contributed by atoms with van der Waals surface area (Å²) in [4.78, 5) is 11.8. The summed E-state index contributed by atoms with van der Waals surface area (Å²) < 4.78 is 10.3. The predicted octanol–water partition coefficient (Wildman–Crippen LogP) is 5.61. The molecule has 0 bridgehead atoms. The molecule has 1 atom stereocenters. The van der Waals surface area contributed by atoms with Crippen LogP contribution in [0.1, 0.15) is 24.0 Å². The molecule has 0 amide bonds. The van der Waals surface area contributed by atoms with E-state index in [-0.39, 0.29) is 0 Å². The van der Waals surface area contributed by atoms with Gasteiger partial charge in [-0.3, -0.25) is 0 Å². The van der Waals surface area contributed by atoms with Crippen LogP contribution < -0.4 is 9.47 Å². The highest BCUT2D eigenvalue weighted by Crippen LogP contribution is 2.23. The van der Waals surface area contributed by atoms with Crippen molar-refractivity contribution in [1.82, 2.24) is 0 Å². The molecule has 3 rings (SSSR count). The molecule has 0 saturated carbocycles. The lowest BCUT2D eigenvalue weighted by atomic mass is 9.94. The van der Waals surface area contributed by atoms with E-state index >= 15 is 0 Å². The smallest absolute Gasteiger partial charge is 0.395 e. The molecule has 0 aliphatic rings. The summed E-state index contributed by atoms with van der Waals surface area (Å²) in [5.41, 5.74) is 2.51. The van der Waals surface area contributed by atoms with Gasteiger partial charge in [0.05, 0.1) is 0 Å². The maximum atomic E-state index is 11.8. The van der Waals surface area contributed by atoms with Gasteiger partial charge in [-0.15, -0.1) is 0 Å². The molecule has 0 aromatic heterocycles. The number of hydrogen-bond acceptors (Lipinski definition) is 3. The van der Waals surface area contributed by atoms with Gasteiger partial charge in [0.2, 0.25) is 0 Å². The highest BCUT2D eigenvalue weighted by Gasteiger charge is 2.10. The van der Waals surface area contributed by atoms with E-state index < -0.39 is 6.16 Å². The van der Waals surface area contributed by atoms with Crippen LogP contribution >= 0.6 is 0 Å². The average Bonchev–Trinajstić information content (AvgIpc) is 2.64. The fourth-order valence-corrected chi connectivity index (χ4v) is 2.65. The topological polar surface area (TPSA) is 35.5 Å². The minimum absolute atomic E-state index is 0.382. The quantitative estimate of drug-likeness (QED) is 0.450. The average molecular weight is 332 g/mol. The van der Waals surface area contributed by atoms with Crippen LogP contribution in [0.2, 0.25) is 0 Å². The number of ether oxygens (including phenoxy) is 2. The molecule has 3 aromatic rings. The summed E-state index contributed by atoms with van der Waals surface area (Å²) in [6.07, 6.45) is 0.230. The molecule has 0 saturated heterocycles. The molecular formula is C22H20O3. The molecule has 1 unspecified atom stereocenters. The summed E-state index contributed by atoms with van der Waals surface area (Å²) in [5, 5.41) is 0. The van der Waals surface area contributed by atoms with Crippen molar-refractivity contribution in [3.05, 3.63) is 96.1 Å². The lowest BCUT2D eigenvalue weighted by Gasteiger charge is -2.13. The van der Waals surface area contributed by atoms with Gasteiger partial charge in [0.1, 0.15) is 11.5 Å². The Morgan fingerprint density at radius 2 is 1.28 bits per heavy atom. The molecule has 0 heterocycles. The van der Waals surface area contributed by atoms with Gasteiger partial charge < -0.3 is 9.47 Å². The third-order valence-corrected chi connectivity index (χ3v) is 3.98. The van der Waals surface area contributed by atoms with Crippen molar-refractivity contribution < 1.29 is 14.3 Å². The van der Waals surface area contributed by atoms with Crippen molar-refractivity contribution in [3.63, 3.8) is 0 Å². The van der Waals surface area contributed by atoms with Gasteiger partial charge in [0.25, 0.3) is 0 Å². The summed E-state index contributed by atoms with van der Waals surface area (Å²) in [6, 6.07) is 26.8. The van der Waals surface area contributed by atoms with Gasteiger partial charge in [0.15, 0.2) is 0 Å². The Morgan fingerprint density at radius 1 is 0.760 bits per heavy atom. The first-order valence-corrected chi connectivity index (χ1v) is 8.29. The van der Waals surface area contributed by atoms with Gasteiger partial charge in [-0.2, -0.15) is 0 Å². The third-order valence-electron chi connectivity index (χ3n) is 3.98. The van der Waals surface area contributed by atoms with Gasteiger partial charge in [0, 0.05) is 0 Å². The third kappa shape index (κ3) is 4.95. The molecule has 0 fully saturated rings. The molecular weight excluding hydrogens is 312 g/mol. The first-order chi connectivity index (χ1) is 12.2. The number of para-hydroxylation sites is 1. The van der Waals surface area contributed by atoms with Crippen molar-refractivity contribution >= 4 is 6.16 Å². The Kier molecular flexibility index (Phi) is 5.47. The Hall–Kier alpha value is -3.07. The molecule has 3 aromatic carbocycles. The van der Waals surface area contributed by atoms with E-state index in [2.05, 4.69) is 31.2 Å². The van der Waals surface area contributed by atoms with Crippen molar-refractivity contribution in [3.8, 4) is 11.5 Å². The number of rotatable bonds is 5. The molecule has 0 aliphatic heterocycles. The Labute approximate surface area is 147 Å². The number of benzene rings is 3. The van der Waals surface area contributed by atoms with Crippen LogP contribution in [-0.4, -0.2) is 6.16 Å². The van der Waals surface area contributed by atoms with E-state index in [4.69, 9.17) is 9.47 Å². The summed E-state index contributed by atoms with van der Waals surface area (Å²) in [7, 11) is 0. The van der Waals surface area contributed by atoms with Crippen LogP contribution in [0.5, 0.6) is 11.5 Å². The van der Waals surface area contributed by atoms with Crippen LogP contribution in [0.4, 0.5) is 4.79 Å². The van der Waals surface area contributed by atoms with E-state index in [0.717, 1.165) is 6.42 Å². The zero-order chi connectivity index (χ0) is 17.5. The lowest BCUT2D eigenvalue weighted by molar-refractivity contribution is 0.152. The first kappa shape index (κ1) is 16.8. The normalized spacial score (nSPS) is 11.6. The Morgan fingerprint density at radius 3 is 1.88 bits per heavy atom. The van der Waals surface area contributed by atoms with E-state index in [1.54, 1.807) is 36.4 Å². The van der Waals surface area contributed by atoms with Gasteiger partial charge in [-0.25, -0.2) is 4.79 Å². The predicted molar refractivity (Wildman–Crippen MR) is 98.1 cm³/mol. The molecule has 0 spiro atoms. The van der Waals surface area contributed by atoms with Crippen LogP contribution in [-0.2, 0) is 6.42 Å².